The normalized spacial score (nSPS) is 27.1. The second-order valence-electron chi connectivity index (χ2n) is 5.24. The van der Waals surface area contributed by atoms with E-state index in [1.54, 1.807) is 0 Å². The third kappa shape index (κ3) is 2.31. The van der Waals surface area contributed by atoms with Gasteiger partial charge in [-0.05, 0) is 30.7 Å². The second kappa shape index (κ2) is 4.82. The van der Waals surface area contributed by atoms with Crippen molar-refractivity contribution in [1.82, 2.24) is 9.62 Å². The summed E-state index contributed by atoms with van der Waals surface area (Å²) < 4.78 is 39.2. The minimum atomic E-state index is -3.61. The summed E-state index contributed by atoms with van der Waals surface area (Å²) in [6.45, 7) is 0.713. The molecule has 0 aliphatic carbocycles. The number of fused-ring (bicyclic) bond motifs is 1. The number of nitrogens with zero attached hydrogens (tertiary/aromatic N) is 1. The number of nitrogens with one attached hydrogen (secondary N) is 1. The van der Waals surface area contributed by atoms with Crippen molar-refractivity contribution >= 4 is 15.9 Å². The van der Waals surface area contributed by atoms with Gasteiger partial charge in [-0.15, -0.1) is 0 Å². The highest BCUT2D eigenvalue weighted by molar-refractivity contribution is 7.89. The quantitative estimate of drug-likeness (QED) is 0.875. The first-order chi connectivity index (χ1) is 9.46. The largest absolute Gasteiger partial charge is 0.353 e. The molecule has 1 amide bonds. The number of rotatable bonds is 2. The number of benzene rings is 1. The Kier molecular flexibility index (Phi) is 3.25. The molecule has 1 N–H and O–H groups in total. The van der Waals surface area contributed by atoms with Gasteiger partial charge >= 0.3 is 0 Å². The van der Waals surface area contributed by atoms with Gasteiger partial charge in [-0.3, -0.25) is 4.79 Å². The molecule has 7 heteroatoms. The SMILES string of the molecule is O=C1C[C@H]2CN(S(=O)(=O)c3ccc(F)cc3)CC[C@H]2N1. The Morgan fingerprint density at radius 2 is 1.95 bits per heavy atom. The second-order valence-corrected chi connectivity index (χ2v) is 7.18. The summed E-state index contributed by atoms with van der Waals surface area (Å²) in [6.07, 6.45) is 0.997. The Morgan fingerprint density at radius 3 is 2.65 bits per heavy atom. The van der Waals surface area contributed by atoms with Crippen LogP contribution in [-0.4, -0.2) is 37.8 Å². The highest BCUT2D eigenvalue weighted by Gasteiger charge is 2.40. The third-order valence-electron chi connectivity index (χ3n) is 3.94. The molecule has 108 valence electrons. The highest BCUT2D eigenvalue weighted by atomic mass is 32.2. The van der Waals surface area contributed by atoms with Gasteiger partial charge < -0.3 is 5.32 Å². The van der Waals surface area contributed by atoms with Gasteiger partial charge in [-0.1, -0.05) is 0 Å². The first kappa shape index (κ1) is 13.5. The summed E-state index contributed by atoms with van der Waals surface area (Å²) in [5.41, 5.74) is 0. The Balaban J connectivity index is 1.82. The molecule has 1 aromatic rings. The van der Waals surface area contributed by atoms with Gasteiger partial charge in [-0.2, -0.15) is 4.31 Å². The molecule has 2 saturated heterocycles. The van der Waals surface area contributed by atoms with Crippen molar-refractivity contribution < 1.29 is 17.6 Å². The highest BCUT2D eigenvalue weighted by Crippen LogP contribution is 2.29. The average Bonchev–Trinajstić information content (AvgIpc) is 2.78. The molecule has 0 bridgehead atoms. The van der Waals surface area contributed by atoms with E-state index in [0.717, 1.165) is 12.1 Å². The maximum absolute atomic E-state index is 12.9. The van der Waals surface area contributed by atoms with Crippen LogP contribution in [0.4, 0.5) is 4.39 Å². The van der Waals surface area contributed by atoms with Crippen molar-refractivity contribution in [1.29, 1.82) is 0 Å². The zero-order valence-corrected chi connectivity index (χ0v) is 11.6. The fourth-order valence-corrected chi connectivity index (χ4v) is 4.39. The van der Waals surface area contributed by atoms with Crippen LogP contribution in [0.15, 0.2) is 29.2 Å². The molecule has 3 rings (SSSR count). The van der Waals surface area contributed by atoms with Crippen LogP contribution in [0.1, 0.15) is 12.8 Å². The first-order valence-corrected chi connectivity index (χ1v) is 7.96. The number of hydrogen-bond donors (Lipinski definition) is 1. The van der Waals surface area contributed by atoms with Crippen LogP contribution in [0.3, 0.4) is 0 Å². The molecule has 0 unspecified atom stereocenters. The molecule has 20 heavy (non-hydrogen) atoms. The van der Waals surface area contributed by atoms with Gasteiger partial charge in [0, 0.05) is 31.5 Å². The van der Waals surface area contributed by atoms with Crippen molar-refractivity contribution in [2.45, 2.75) is 23.8 Å². The molecule has 2 fully saturated rings. The molecule has 2 aliphatic rings. The van der Waals surface area contributed by atoms with E-state index in [-0.39, 0.29) is 22.8 Å². The summed E-state index contributed by atoms with van der Waals surface area (Å²) in [7, 11) is -3.61. The molecule has 0 spiro atoms. The van der Waals surface area contributed by atoms with Crippen molar-refractivity contribution in [2.75, 3.05) is 13.1 Å². The zero-order chi connectivity index (χ0) is 14.3. The number of hydrogen-bond acceptors (Lipinski definition) is 3. The maximum atomic E-state index is 12.9. The zero-order valence-electron chi connectivity index (χ0n) is 10.8. The lowest BCUT2D eigenvalue weighted by atomic mass is 9.95. The van der Waals surface area contributed by atoms with Crippen molar-refractivity contribution in [3.05, 3.63) is 30.1 Å². The van der Waals surface area contributed by atoms with Gasteiger partial charge in [-0.25, -0.2) is 12.8 Å². The van der Waals surface area contributed by atoms with Crippen LogP contribution in [0, 0.1) is 11.7 Å². The van der Waals surface area contributed by atoms with E-state index in [0.29, 0.717) is 25.9 Å². The fraction of sp³-hybridized carbons (Fsp3) is 0.462. The topological polar surface area (TPSA) is 66.5 Å². The molecular weight excluding hydrogens is 283 g/mol. The number of carbonyl (C=O) groups excluding carboxylic acids is 1. The molecule has 0 aromatic heterocycles. The molecular formula is C13H15FN2O3S. The predicted octanol–water partition coefficient (Wildman–Crippen LogP) is 0.725. The monoisotopic (exact) mass is 298 g/mol. The Morgan fingerprint density at radius 1 is 1.25 bits per heavy atom. The van der Waals surface area contributed by atoms with E-state index in [4.69, 9.17) is 0 Å². The molecule has 5 nitrogen and oxygen atoms in total. The summed E-state index contributed by atoms with van der Waals surface area (Å²) >= 11 is 0. The lowest BCUT2D eigenvalue weighted by molar-refractivity contribution is -0.119. The van der Waals surface area contributed by atoms with Crippen molar-refractivity contribution in [2.24, 2.45) is 5.92 Å². The van der Waals surface area contributed by atoms with E-state index in [9.17, 15) is 17.6 Å². The maximum Gasteiger partial charge on any atom is 0.243 e. The number of piperidine rings is 1. The fourth-order valence-electron chi connectivity index (χ4n) is 2.87. The molecule has 1 aromatic carbocycles. The summed E-state index contributed by atoms with van der Waals surface area (Å²) in [5, 5.41) is 2.87. The van der Waals surface area contributed by atoms with E-state index in [2.05, 4.69) is 5.32 Å². The van der Waals surface area contributed by atoms with Crippen LogP contribution < -0.4 is 5.32 Å². The third-order valence-corrected chi connectivity index (χ3v) is 5.82. The van der Waals surface area contributed by atoms with E-state index >= 15 is 0 Å². The first-order valence-electron chi connectivity index (χ1n) is 6.52. The van der Waals surface area contributed by atoms with Crippen LogP contribution >= 0.6 is 0 Å². The van der Waals surface area contributed by atoms with Gasteiger partial charge in [0.25, 0.3) is 0 Å². The predicted molar refractivity (Wildman–Crippen MR) is 69.8 cm³/mol. The summed E-state index contributed by atoms with van der Waals surface area (Å²) in [5.74, 6) is -0.444. The average molecular weight is 298 g/mol. The Hall–Kier alpha value is -1.47. The summed E-state index contributed by atoms with van der Waals surface area (Å²) in [6, 6.07) is 4.91. The lowest BCUT2D eigenvalue weighted by Crippen LogP contribution is -2.46. The number of amides is 1. The van der Waals surface area contributed by atoms with Crippen LogP contribution in [0.25, 0.3) is 0 Å². The number of halogens is 1. The minimum absolute atomic E-state index is 0.0129. The van der Waals surface area contributed by atoms with Gasteiger partial charge in [0.2, 0.25) is 15.9 Å². The van der Waals surface area contributed by atoms with Crippen molar-refractivity contribution in [3.63, 3.8) is 0 Å². The molecule has 0 radical (unpaired) electrons. The molecule has 0 saturated carbocycles. The van der Waals surface area contributed by atoms with Crippen LogP contribution in [-0.2, 0) is 14.8 Å². The van der Waals surface area contributed by atoms with Gasteiger partial charge in [0.15, 0.2) is 0 Å². The van der Waals surface area contributed by atoms with Gasteiger partial charge in [0.05, 0.1) is 4.90 Å². The minimum Gasteiger partial charge on any atom is -0.353 e. The van der Waals surface area contributed by atoms with E-state index < -0.39 is 15.8 Å². The van der Waals surface area contributed by atoms with Gasteiger partial charge in [0.1, 0.15) is 5.82 Å². The number of carbonyl (C=O) groups is 1. The van der Waals surface area contributed by atoms with Crippen molar-refractivity contribution in [3.8, 4) is 0 Å². The number of sulfonamides is 1. The smallest absolute Gasteiger partial charge is 0.243 e. The lowest BCUT2D eigenvalue weighted by Gasteiger charge is -2.33. The molecule has 2 heterocycles. The van der Waals surface area contributed by atoms with Crippen LogP contribution in [0.2, 0.25) is 0 Å². The Bertz CT molecular complexity index is 630. The van der Waals surface area contributed by atoms with E-state index in [1.165, 1.54) is 16.4 Å². The molecule has 2 atom stereocenters. The molecule has 2 aliphatic heterocycles. The standard InChI is InChI=1S/C13H15FN2O3S/c14-10-1-3-11(4-2-10)20(18,19)16-6-5-12-9(8-16)7-13(17)15-12/h1-4,9,12H,5-8H2,(H,15,17)/t9-,12+/m0/s1. The summed E-state index contributed by atoms with van der Waals surface area (Å²) in [4.78, 5) is 11.4. The Labute approximate surface area is 116 Å². The van der Waals surface area contributed by atoms with Crippen LogP contribution in [0.5, 0.6) is 0 Å². The van der Waals surface area contributed by atoms with E-state index in [1.807, 2.05) is 0 Å².